The van der Waals surface area contributed by atoms with Crippen molar-refractivity contribution < 1.29 is 9.59 Å². The second kappa shape index (κ2) is 8.92. The molecule has 6 heteroatoms. The number of nitrogens with one attached hydrogen (secondary N) is 1. The van der Waals surface area contributed by atoms with Gasteiger partial charge in [0.05, 0.1) is 0 Å². The zero-order chi connectivity index (χ0) is 18.2. The van der Waals surface area contributed by atoms with E-state index in [9.17, 15) is 9.59 Å². The van der Waals surface area contributed by atoms with Crippen molar-refractivity contribution >= 4 is 11.8 Å². The summed E-state index contributed by atoms with van der Waals surface area (Å²) in [4.78, 5) is 34.4. The van der Waals surface area contributed by atoms with Crippen LogP contribution >= 0.6 is 0 Å². The lowest BCUT2D eigenvalue weighted by Crippen LogP contribution is -2.33. The Balaban J connectivity index is 2.01. The number of carbonyl (C=O) groups excluding carboxylic acids is 2. The van der Waals surface area contributed by atoms with Crippen molar-refractivity contribution in [2.75, 3.05) is 13.6 Å². The number of hydrogen-bond acceptors (Lipinski definition) is 4. The molecule has 0 aliphatic rings. The van der Waals surface area contributed by atoms with Crippen LogP contribution in [0.2, 0.25) is 0 Å². The van der Waals surface area contributed by atoms with Crippen molar-refractivity contribution in [3.8, 4) is 0 Å². The molecule has 2 amide bonds. The quantitative estimate of drug-likeness (QED) is 0.839. The van der Waals surface area contributed by atoms with Crippen molar-refractivity contribution in [1.82, 2.24) is 20.2 Å². The summed E-state index contributed by atoms with van der Waals surface area (Å²) in [6.45, 7) is 4.51. The molecule has 2 aromatic heterocycles. The van der Waals surface area contributed by atoms with E-state index in [2.05, 4.69) is 15.3 Å². The highest BCUT2D eigenvalue weighted by Crippen LogP contribution is 2.07. The third-order valence-corrected chi connectivity index (χ3v) is 4.06. The summed E-state index contributed by atoms with van der Waals surface area (Å²) in [5, 5.41) is 2.89. The summed E-state index contributed by atoms with van der Waals surface area (Å²) in [7, 11) is 1.73. The van der Waals surface area contributed by atoms with Gasteiger partial charge in [0.25, 0.3) is 11.8 Å². The van der Waals surface area contributed by atoms with Crippen LogP contribution in [-0.4, -0.2) is 46.3 Å². The average molecular weight is 340 g/mol. The predicted molar refractivity (Wildman–Crippen MR) is 96.4 cm³/mol. The fraction of sp³-hybridized carbons (Fsp3) is 0.368. The van der Waals surface area contributed by atoms with Gasteiger partial charge in [0.15, 0.2) is 0 Å². The van der Waals surface area contributed by atoms with Crippen molar-refractivity contribution in [3.05, 3.63) is 59.7 Å². The van der Waals surface area contributed by atoms with Gasteiger partial charge in [-0.25, -0.2) is 0 Å². The van der Waals surface area contributed by atoms with Gasteiger partial charge in [-0.3, -0.25) is 19.6 Å². The highest BCUT2D eigenvalue weighted by atomic mass is 16.2. The molecule has 1 unspecified atom stereocenters. The van der Waals surface area contributed by atoms with E-state index < -0.39 is 0 Å². The van der Waals surface area contributed by atoms with Crippen LogP contribution in [0.5, 0.6) is 0 Å². The fourth-order valence-corrected chi connectivity index (χ4v) is 2.24. The van der Waals surface area contributed by atoms with Crippen molar-refractivity contribution in [2.24, 2.45) is 0 Å². The molecule has 0 aromatic carbocycles. The highest BCUT2D eigenvalue weighted by molar-refractivity contribution is 5.98. The Labute approximate surface area is 148 Å². The third-order valence-electron chi connectivity index (χ3n) is 4.06. The second-order valence-corrected chi connectivity index (χ2v) is 6.04. The number of pyridine rings is 2. The largest absolute Gasteiger partial charge is 0.350 e. The maximum absolute atomic E-state index is 12.5. The van der Waals surface area contributed by atoms with Crippen LogP contribution < -0.4 is 5.32 Å². The van der Waals surface area contributed by atoms with Gasteiger partial charge in [0, 0.05) is 43.8 Å². The first-order chi connectivity index (χ1) is 12.0. The summed E-state index contributed by atoms with van der Waals surface area (Å²) in [5.41, 5.74) is 1.83. The first-order valence-electron chi connectivity index (χ1n) is 8.42. The maximum atomic E-state index is 12.5. The minimum absolute atomic E-state index is 0.0860. The topological polar surface area (TPSA) is 75.2 Å². The predicted octanol–water partition coefficient (Wildman–Crippen LogP) is 2.32. The summed E-state index contributed by atoms with van der Waals surface area (Å²) in [5.74, 6) is -0.391. The van der Waals surface area contributed by atoms with Gasteiger partial charge in [-0.1, -0.05) is 6.92 Å². The molecule has 0 saturated heterocycles. The molecule has 0 saturated carbocycles. The molecule has 0 aliphatic carbocycles. The Kier molecular flexibility index (Phi) is 6.62. The third kappa shape index (κ3) is 5.38. The van der Waals surface area contributed by atoms with Crippen LogP contribution in [0.3, 0.4) is 0 Å². The molecule has 25 heavy (non-hydrogen) atoms. The van der Waals surface area contributed by atoms with Crippen LogP contribution in [0.1, 0.15) is 46.7 Å². The van der Waals surface area contributed by atoms with E-state index in [1.54, 1.807) is 36.5 Å². The second-order valence-electron chi connectivity index (χ2n) is 6.04. The Bertz CT molecular complexity index is 718. The van der Waals surface area contributed by atoms with Crippen molar-refractivity contribution in [1.29, 1.82) is 0 Å². The van der Waals surface area contributed by atoms with Gasteiger partial charge in [0.1, 0.15) is 5.69 Å². The van der Waals surface area contributed by atoms with Gasteiger partial charge in [-0.2, -0.15) is 0 Å². The smallest absolute Gasteiger partial charge is 0.272 e. The molecule has 0 fully saturated rings. The standard InChI is InChI=1S/C19H24N4O2/c1-4-14(2)22-18(24)16-7-11-21-17(13-16)19(25)23(3)12-8-15-5-9-20-10-6-15/h5-7,9-11,13-14H,4,8,12H2,1-3H3,(H,22,24). The van der Waals surface area contributed by atoms with Gasteiger partial charge < -0.3 is 10.2 Å². The maximum Gasteiger partial charge on any atom is 0.272 e. The average Bonchev–Trinajstić information content (AvgIpc) is 2.66. The zero-order valence-corrected chi connectivity index (χ0v) is 14.9. The number of nitrogens with zero attached hydrogens (tertiary/aromatic N) is 3. The summed E-state index contributed by atoms with van der Waals surface area (Å²) < 4.78 is 0. The highest BCUT2D eigenvalue weighted by Gasteiger charge is 2.16. The van der Waals surface area contributed by atoms with Crippen molar-refractivity contribution in [3.63, 3.8) is 0 Å². The molecule has 1 atom stereocenters. The lowest BCUT2D eigenvalue weighted by molar-refractivity contribution is 0.0791. The lowest BCUT2D eigenvalue weighted by atomic mass is 10.1. The number of carbonyl (C=O) groups is 2. The molecule has 2 heterocycles. The van der Waals surface area contributed by atoms with Crippen LogP contribution in [0, 0.1) is 0 Å². The van der Waals surface area contributed by atoms with E-state index in [-0.39, 0.29) is 23.6 Å². The first-order valence-corrected chi connectivity index (χ1v) is 8.42. The number of aromatic nitrogens is 2. The molecule has 2 aromatic rings. The SMILES string of the molecule is CCC(C)NC(=O)c1ccnc(C(=O)N(C)CCc2ccncc2)c1. The van der Waals surface area contributed by atoms with Crippen LogP contribution in [-0.2, 0) is 6.42 Å². The first kappa shape index (κ1) is 18.6. The van der Waals surface area contributed by atoms with Gasteiger partial charge in [-0.05, 0) is 49.6 Å². The molecular weight excluding hydrogens is 316 g/mol. The van der Waals surface area contributed by atoms with E-state index in [0.717, 1.165) is 18.4 Å². The summed E-state index contributed by atoms with van der Waals surface area (Å²) in [6.07, 6.45) is 6.55. The normalized spacial score (nSPS) is 11.6. The van der Waals surface area contributed by atoms with Crippen LogP contribution in [0.25, 0.3) is 0 Å². The molecule has 1 N–H and O–H groups in total. The van der Waals surface area contributed by atoms with Gasteiger partial charge in [0.2, 0.25) is 0 Å². The van der Waals surface area contributed by atoms with Gasteiger partial charge >= 0.3 is 0 Å². The minimum Gasteiger partial charge on any atom is -0.350 e. The van der Waals surface area contributed by atoms with E-state index >= 15 is 0 Å². The lowest BCUT2D eigenvalue weighted by Gasteiger charge is -2.17. The Morgan fingerprint density at radius 2 is 1.92 bits per heavy atom. The number of amides is 2. The number of hydrogen-bond donors (Lipinski definition) is 1. The molecular formula is C19H24N4O2. The monoisotopic (exact) mass is 340 g/mol. The molecule has 0 aliphatic heterocycles. The number of rotatable bonds is 7. The Morgan fingerprint density at radius 3 is 2.60 bits per heavy atom. The van der Waals surface area contributed by atoms with Gasteiger partial charge in [-0.15, -0.1) is 0 Å². The molecule has 0 bridgehead atoms. The van der Waals surface area contributed by atoms with E-state index in [1.807, 2.05) is 26.0 Å². The Morgan fingerprint density at radius 1 is 1.20 bits per heavy atom. The fourth-order valence-electron chi connectivity index (χ4n) is 2.24. The molecule has 132 valence electrons. The Hall–Kier alpha value is -2.76. The molecule has 0 spiro atoms. The minimum atomic E-state index is -0.202. The number of likely N-dealkylation sites (N-methyl/N-ethyl adjacent to an activating group) is 1. The van der Waals surface area contributed by atoms with Crippen LogP contribution in [0.4, 0.5) is 0 Å². The van der Waals surface area contributed by atoms with E-state index in [1.165, 1.54) is 6.20 Å². The van der Waals surface area contributed by atoms with Crippen LogP contribution in [0.15, 0.2) is 42.9 Å². The molecule has 6 nitrogen and oxygen atoms in total. The van der Waals surface area contributed by atoms with Crippen molar-refractivity contribution in [2.45, 2.75) is 32.7 Å². The summed E-state index contributed by atoms with van der Waals surface area (Å²) >= 11 is 0. The van der Waals surface area contributed by atoms with E-state index in [0.29, 0.717) is 12.1 Å². The summed E-state index contributed by atoms with van der Waals surface area (Å²) in [6, 6.07) is 7.10. The molecule has 0 radical (unpaired) electrons. The molecule has 2 rings (SSSR count). The van der Waals surface area contributed by atoms with E-state index in [4.69, 9.17) is 0 Å². The zero-order valence-electron chi connectivity index (χ0n) is 14.9.